The SMILES string of the molecule is CCCCCC/C=C\C/C=C\CCCCCCCCCC(=O)OCCCCCCCCCCCCCCCCCCCCCCCCCCCCCCCCCCCCCCCC(=O)NC(CO)C(O)/C=C/CCCCCCCCCCCCCCCCCC. The fourth-order valence-corrected chi connectivity index (χ4v) is 13.1. The Hall–Kier alpha value is -1.92. The molecule has 0 rings (SSSR count). The maximum absolute atomic E-state index is 12.5. The number of hydrogen-bond donors (Lipinski definition) is 3. The molecule has 0 bridgehead atoms. The number of unbranched alkanes of at least 4 members (excludes halogenated alkanes) is 63. The van der Waals surface area contributed by atoms with E-state index in [2.05, 4.69) is 43.5 Å². The maximum atomic E-state index is 12.5. The van der Waals surface area contributed by atoms with Crippen molar-refractivity contribution in [3.05, 3.63) is 36.5 Å². The number of hydrogen-bond acceptors (Lipinski definition) is 5. The van der Waals surface area contributed by atoms with Crippen LogP contribution in [0.2, 0.25) is 0 Å². The summed E-state index contributed by atoms with van der Waals surface area (Å²) in [7, 11) is 0. The second-order valence-electron chi connectivity index (χ2n) is 28.5. The summed E-state index contributed by atoms with van der Waals surface area (Å²) in [6, 6.07) is -0.624. The number of ether oxygens (including phenoxy) is 1. The zero-order valence-corrected chi connectivity index (χ0v) is 61.1. The van der Waals surface area contributed by atoms with E-state index in [1.54, 1.807) is 6.08 Å². The van der Waals surface area contributed by atoms with Crippen LogP contribution in [0.5, 0.6) is 0 Å². The molecule has 6 heteroatoms. The van der Waals surface area contributed by atoms with Gasteiger partial charge in [-0.25, -0.2) is 0 Å². The number of aliphatic hydroxyl groups excluding tert-OH is 2. The average Bonchev–Trinajstić information content (AvgIpc) is 3.69. The van der Waals surface area contributed by atoms with Crippen LogP contribution in [-0.2, 0) is 14.3 Å². The molecule has 1 amide bonds. The molecule has 0 aromatic rings. The molecule has 6 nitrogen and oxygen atoms in total. The van der Waals surface area contributed by atoms with Crippen LogP contribution >= 0.6 is 0 Å². The molecule has 532 valence electrons. The predicted molar refractivity (Wildman–Crippen MR) is 398 cm³/mol. The van der Waals surface area contributed by atoms with Crippen LogP contribution in [0.1, 0.15) is 463 Å². The molecular weight excluding hydrogens is 1100 g/mol. The topological polar surface area (TPSA) is 95.9 Å². The molecule has 2 unspecified atom stereocenters. The van der Waals surface area contributed by atoms with Gasteiger partial charge in [-0.2, -0.15) is 0 Å². The third-order valence-electron chi connectivity index (χ3n) is 19.4. The molecule has 0 heterocycles. The van der Waals surface area contributed by atoms with Crippen molar-refractivity contribution in [1.29, 1.82) is 0 Å². The number of aliphatic hydroxyl groups is 2. The normalized spacial score (nSPS) is 12.6. The molecular formula is C84H161NO5. The van der Waals surface area contributed by atoms with Crippen molar-refractivity contribution in [3.8, 4) is 0 Å². The molecule has 0 aliphatic heterocycles. The van der Waals surface area contributed by atoms with E-state index in [9.17, 15) is 19.8 Å². The van der Waals surface area contributed by atoms with Gasteiger partial charge in [-0.05, 0) is 64.2 Å². The van der Waals surface area contributed by atoms with Gasteiger partial charge < -0.3 is 20.3 Å². The maximum Gasteiger partial charge on any atom is 0.305 e. The minimum Gasteiger partial charge on any atom is -0.466 e. The van der Waals surface area contributed by atoms with E-state index < -0.39 is 12.1 Å². The van der Waals surface area contributed by atoms with Crippen LogP contribution in [-0.4, -0.2) is 47.4 Å². The summed E-state index contributed by atoms with van der Waals surface area (Å²) >= 11 is 0. The number of carbonyl (C=O) groups excluding carboxylic acids is 2. The van der Waals surface area contributed by atoms with Crippen LogP contribution in [0.3, 0.4) is 0 Å². The van der Waals surface area contributed by atoms with Gasteiger partial charge in [0.25, 0.3) is 0 Å². The Kier molecular flexibility index (Phi) is 77.8. The lowest BCUT2D eigenvalue weighted by Crippen LogP contribution is -2.45. The first-order valence-corrected chi connectivity index (χ1v) is 41.3. The lowest BCUT2D eigenvalue weighted by atomic mass is 10.0. The smallest absolute Gasteiger partial charge is 0.305 e. The number of rotatable bonds is 78. The van der Waals surface area contributed by atoms with Gasteiger partial charge in [0.15, 0.2) is 0 Å². The highest BCUT2D eigenvalue weighted by Crippen LogP contribution is 2.20. The van der Waals surface area contributed by atoms with E-state index in [0.29, 0.717) is 19.4 Å². The Morgan fingerprint density at radius 3 is 0.856 bits per heavy atom. The summed E-state index contributed by atoms with van der Waals surface area (Å²) in [6.07, 6.45) is 104. The summed E-state index contributed by atoms with van der Waals surface area (Å²) in [5.41, 5.74) is 0. The molecule has 0 aliphatic rings. The van der Waals surface area contributed by atoms with Crippen LogP contribution in [0.15, 0.2) is 36.5 Å². The number of nitrogens with one attached hydrogen (secondary N) is 1. The summed E-state index contributed by atoms with van der Waals surface area (Å²) in [5.74, 6) is -0.0417. The molecule has 0 spiro atoms. The van der Waals surface area contributed by atoms with Gasteiger partial charge in [-0.1, -0.05) is 423 Å². The van der Waals surface area contributed by atoms with E-state index in [1.807, 2.05) is 6.08 Å². The predicted octanol–water partition coefficient (Wildman–Crippen LogP) is 27.4. The van der Waals surface area contributed by atoms with Crippen molar-refractivity contribution in [1.82, 2.24) is 5.32 Å². The fraction of sp³-hybridized carbons (Fsp3) is 0.905. The highest BCUT2D eigenvalue weighted by Gasteiger charge is 2.18. The Morgan fingerprint density at radius 1 is 0.311 bits per heavy atom. The minimum absolute atomic E-state index is 0.0166. The lowest BCUT2D eigenvalue weighted by Gasteiger charge is -2.20. The standard InChI is InChI=1S/C84H161NO5/c1-3-5-7-9-11-13-15-17-19-21-44-48-52-56-60-64-68-72-76-82(87)81(80-86)85-83(88)77-73-69-65-61-57-53-49-45-42-40-38-36-34-32-30-28-26-24-23-25-27-29-31-33-35-37-39-41-43-47-51-55-59-63-67-71-75-79-90-84(89)78-74-70-66-62-58-54-50-46-22-20-18-16-14-12-10-8-6-4-2/h14,16,20,22,72,76,81-82,86-87H,3-13,15,17-19,21,23-71,73-75,77-80H2,1-2H3,(H,85,88)/b16-14-,22-20-,76-72+. The van der Waals surface area contributed by atoms with Gasteiger partial charge in [0.1, 0.15) is 0 Å². The van der Waals surface area contributed by atoms with Gasteiger partial charge in [0.2, 0.25) is 5.91 Å². The van der Waals surface area contributed by atoms with Crippen molar-refractivity contribution in [2.24, 2.45) is 0 Å². The molecule has 0 aliphatic carbocycles. The lowest BCUT2D eigenvalue weighted by molar-refractivity contribution is -0.143. The number of allylic oxidation sites excluding steroid dienone is 5. The fourth-order valence-electron chi connectivity index (χ4n) is 13.1. The van der Waals surface area contributed by atoms with E-state index >= 15 is 0 Å². The Balaban J connectivity index is 3.31. The minimum atomic E-state index is -0.841. The van der Waals surface area contributed by atoms with E-state index in [4.69, 9.17) is 4.74 Å². The summed E-state index contributed by atoms with van der Waals surface area (Å²) in [4.78, 5) is 24.6. The molecule has 0 radical (unpaired) electrons. The molecule has 0 aromatic heterocycles. The quantitative estimate of drug-likeness (QED) is 0.0320. The molecule has 0 saturated heterocycles. The van der Waals surface area contributed by atoms with Crippen molar-refractivity contribution in [2.45, 2.75) is 475 Å². The summed E-state index contributed by atoms with van der Waals surface area (Å²) in [5, 5.41) is 23.3. The largest absolute Gasteiger partial charge is 0.466 e. The van der Waals surface area contributed by atoms with Gasteiger partial charge in [0, 0.05) is 12.8 Å². The summed E-state index contributed by atoms with van der Waals surface area (Å²) in [6.45, 7) is 4.93. The van der Waals surface area contributed by atoms with Crippen LogP contribution < -0.4 is 5.32 Å². The van der Waals surface area contributed by atoms with Crippen LogP contribution in [0.4, 0.5) is 0 Å². The second kappa shape index (κ2) is 79.5. The van der Waals surface area contributed by atoms with E-state index in [-0.39, 0.29) is 18.5 Å². The van der Waals surface area contributed by atoms with E-state index in [0.717, 1.165) is 51.4 Å². The molecule has 3 N–H and O–H groups in total. The highest BCUT2D eigenvalue weighted by molar-refractivity contribution is 5.76. The van der Waals surface area contributed by atoms with Crippen molar-refractivity contribution < 1.29 is 24.5 Å². The number of amides is 1. The monoisotopic (exact) mass is 1260 g/mol. The van der Waals surface area contributed by atoms with Crippen molar-refractivity contribution >= 4 is 11.9 Å². The molecule has 2 atom stereocenters. The highest BCUT2D eigenvalue weighted by atomic mass is 16.5. The van der Waals surface area contributed by atoms with Gasteiger partial charge in [-0.15, -0.1) is 0 Å². The molecule has 90 heavy (non-hydrogen) atoms. The number of carbonyl (C=O) groups is 2. The first kappa shape index (κ1) is 88.1. The molecule has 0 aromatic carbocycles. The van der Waals surface area contributed by atoms with Crippen LogP contribution in [0, 0.1) is 0 Å². The third-order valence-corrected chi connectivity index (χ3v) is 19.4. The number of esters is 1. The van der Waals surface area contributed by atoms with Crippen molar-refractivity contribution in [2.75, 3.05) is 13.2 Å². The van der Waals surface area contributed by atoms with Gasteiger partial charge in [0.05, 0.1) is 25.4 Å². The van der Waals surface area contributed by atoms with Gasteiger partial charge >= 0.3 is 5.97 Å². The Bertz CT molecular complexity index is 1460. The zero-order chi connectivity index (χ0) is 64.9. The Morgan fingerprint density at radius 2 is 0.556 bits per heavy atom. The summed E-state index contributed by atoms with van der Waals surface area (Å²) < 4.78 is 5.51. The van der Waals surface area contributed by atoms with Crippen LogP contribution in [0.25, 0.3) is 0 Å². The molecule has 0 fully saturated rings. The first-order valence-electron chi connectivity index (χ1n) is 41.3. The average molecular weight is 1270 g/mol. The van der Waals surface area contributed by atoms with Crippen molar-refractivity contribution in [3.63, 3.8) is 0 Å². The zero-order valence-electron chi connectivity index (χ0n) is 61.1. The Labute approximate surface area is 564 Å². The third kappa shape index (κ3) is 75.1. The first-order chi connectivity index (χ1) is 44.5. The molecule has 0 saturated carbocycles. The second-order valence-corrected chi connectivity index (χ2v) is 28.5. The van der Waals surface area contributed by atoms with Gasteiger partial charge in [-0.3, -0.25) is 9.59 Å². The van der Waals surface area contributed by atoms with E-state index in [1.165, 1.54) is 385 Å².